The van der Waals surface area contributed by atoms with Gasteiger partial charge in [0, 0.05) is 72.5 Å². The summed E-state index contributed by atoms with van der Waals surface area (Å²) in [7, 11) is 1.90. The van der Waals surface area contributed by atoms with Crippen LogP contribution in [-0.4, -0.2) is 43.3 Å². The number of hydrogen-bond acceptors (Lipinski definition) is 5. The van der Waals surface area contributed by atoms with Gasteiger partial charge in [0.15, 0.2) is 5.82 Å². The Bertz CT molecular complexity index is 1270. The average Bonchev–Trinajstić information content (AvgIpc) is 3.32. The van der Waals surface area contributed by atoms with E-state index in [0.29, 0.717) is 28.8 Å². The molecule has 1 fully saturated rings. The molecule has 0 atom stereocenters. The molecular formula is C22H20Cl2N6O. The largest absolute Gasteiger partial charge is 0.354 e. The minimum absolute atomic E-state index is 0.184. The van der Waals surface area contributed by atoms with Crippen molar-refractivity contribution in [2.75, 3.05) is 18.0 Å². The summed E-state index contributed by atoms with van der Waals surface area (Å²) < 4.78 is 3.62. The second-order valence-electron chi connectivity index (χ2n) is 7.97. The summed E-state index contributed by atoms with van der Waals surface area (Å²) in [5.74, 6) is 1.37. The number of fused-ring (bicyclic) bond motifs is 1. The molecule has 1 saturated heterocycles. The summed E-state index contributed by atoms with van der Waals surface area (Å²) in [5.41, 5.74) is 3.84. The normalized spacial score (nSPS) is 14.2. The first-order valence-electron chi connectivity index (χ1n) is 9.99. The lowest BCUT2D eigenvalue weighted by Gasteiger charge is -2.40. The summed E-state index contributed by atoms with van der Waals surface area (Å²) in [6, 6.07) is 7.33. The molecule has 0 spiro atoms. The molecule has 0 radical (unpaired) electrons. The van der Waals surface area contributed by atoms with Crippen LogP contribution in [-0.2, 0) is 18.3 Å². The van der Waals surface area contributed by atoms with Crippen molar-refractivity contribution in [3.05, 3.63) is 64.8 Å². The minimum atomic E-state index is 0.184. The number of Topliss-reactive ketones (excluding diaryl/α,β-unsaturated/α-hetero) is 1. The van der Waals surface area contributed by atoms with Crippen molar-refractivity contribution in [2.24, 2.45) is 13.0 Å². The molecule has 1 aliphatic heterocycles. The van der Waals surface area contributed by atoms with Crippen LogP contribution in [0.2, 0.25) is 10.0 Å². The van der Waals surface area contributed by atoms with Crippen LogP contribution in [0.3, 0.4) is 0 Å². The van der Waals surface area contributed by atoms with Crippen molar-refractivity contribution < 1.29 is 4.79 Å². The van der Waals surface area contributed by atoms with E-state index in [4.69, 9.17) is 23.2 Å². The number of anilines is 1. The van der Waals surface area contributed by atoms with Crippen LogP contribution < -0.4 is 4.90 Å². The predicted molar refractivity (Wildman–Crippen MR) is 121 cm³/mol. The Morgan fingerprint density at radius 3 is 2.71 bits per heavy atom. The number of nitrogens with zero attached hydrogens (tertiary/aromatic N) is 6. The Morgan fingerprint density at radius 2 is 1.97 bits per heavy atom. The van der Waals surface area contributed by atoms with Crippen molar-refractivity contribution in [1.82, 2.24) is 24.4 Å². The van der Waals surface area contributed by atoms with Crippen LogP contribution in [0.1, 0.15) is 12.0 Å². The highest BCUT2D eigenvalue weighted by Gasteiger charge is 2.31. The maximum absolute atomic E-state index is 12.5. The molecule has 0 unspecified atom stereocenters. The van der Waals surface area contributed by atoms with E-state index < -0.39 is 0 Å². The van der Waals surface area contributed by atoms with Gasteiger partial charge in [-0.2, -0.15) is 10.2 Å². The second kappa shape index (κ2) is 7.98. The van der Waals surface area contributed by atoms with E-state index in [1.807, 2.05) is 36.2 Å². The van der Waals surface area contributed by atoms with Gasteiger partial charge in [-0.25, -0.2) is 9.50 Å². The zero-order valence-corrected chi connectivity index (χ0v) is 18.4. The van der Waals surface area contributed by atoms with Gasteiger partial charge in [-0.3, -0.25) is 9.48 Å². The van der Waals surface area contributed by atoms with Crippen molar-refractivity contribution in [3.63, 3.8) is 0 Å². The zero-order chi connectivity index (χ0) is 21.5. The fourth-order valence-electron chi connectivity index (χ4n) is 4.03. The van der Waals surface area contributed by atoms with Crippen LogP contribution >= 0.6 is 23.2 Å². The van der Waals surface area contributed by atoms with Gasteiger partial charge in [-0.1, -0.05) is 29.3 Å². The average molecular weight is 455 g/mol. The molecule has 31 heavy (non-hydrogen) atoms. The third kappa shape index (κ3) is 4.03. The lowest BCUT2D eigenvalue weighted by atomic mass is 9.92. The Balaban J connectivity index is 1.25. The molecule has 0 amide bonds. The first-order chi connectivity index (χ1) is 15.0. The van der Waals surface area contributed by atoms with Crippen LogP contribution in [0.15, 0.2) is 49.2 Å². The molecule has 0 N–H and O–H groups in total. The van der Waals surface area contributed by atoms with E-state index in [9.17, 15) is 4.79 Å². The van der Waals surface area contributed by atoms with Crippen LogP contribution in [0.25, 0.3) is 16.6 Å². The quantitative estimate of drug-likeness (QED) is 0.439. The highest BCUT2D eigenvalue weighted by atomic mass is 35.5. The molecule has 7 nitrogen and oxygen atoms in total. The molecular weight excluding hydrogens is 435 g/mol. The second-order valence-corrected chi connectivity index (χ2v) is 8.81. The fourth-order valence-corrected chi connectivity index (χ4v) is 4.51. The standard InChI is InChI=1S/C22H20Cl2N6O/c1-28-11-17(8-26-28)16-6-21-22(25-13-27-30(21)12-16)29-9-14(10-29)4-19(31)5-15-2-3-18(23)7-20(15)24/h2-3,6-8,11-14H,4-5,9-10H2,1H3. The third-order valence-electron chi connectivity index (χ3n) is 5.60. The smallest absolute Gasteiger partial charge is 0.156 e. The van der Waals surface area contributed by atoms with Gasteiger partial charge in [0.2, 0.25) is 0 Å². The highest BCUT2D eigenvalue weighted by Crippen LogP contribution is 2.31. The third-order valence-corrected chi connectivity index (χ3v) is 6.19. The number of carbonyl (C=O) groups excluding carboxylic acids is 1. The molecule has 0 saturated carbocycles. The molecule has 4 heterocycles. The van der Waals surface area contributed by atoms with E-state index in [0.717, 1.165) is 41.1 Å². The molecule has 9 heteroatoms. The Hall–Kier alpha value is -2.90. The number of aromatic nitrogens is 5. The van der Waals surface area contributed by atoms with Gasteiger partial charge < -0.3 is 4.90 Å². The summed E-state index contributed by atoms with van der Waals surface area (Å²) in [4.78, 5) is 19.2. The van der Waals surface area contributed by atoms with Gasteiger partial charge in [0.1, 0.15) is 17.6 Å². The molecule has 1 aliphatic rings. The number of ketones is 1. The molecule has 4 aromatic rings. The predicted octanol–water partition coefficient (Wildman–Crippen LogP) is 4.07. The van der Waals surface area contributed by atoms with Crippen molar-refractivity contribution in [1.29, 1.82) is 0 Å². The summed E-state index contributed by atoms with van der Waals surface area (Å²) in [6.45, 7) is 1.58. The van der Waals surface area contributed by atoms with Crippen LogP contribution in [0, 0.1) is 5.92 Å². The molecule has 158 valence electrons. The van der Waals surface area contributed by atoms with Crippen molar-refractivity contribution in [3.8, 4) is 11.1 Å². The summed E-state index contributed by atoms with van der Waals surface area (Å²) in [6.07, 6.45) is 8.21. The summed E-state index contributed by atoms with van der Waals surface area (Å²) in [5, 5.41) is 9.69. The maximum Gasteiger partial charge on any atom is 0.156 e. The zero-order valence-electron chi connectivity index (χ0n) is 16.9. The van der Waals surface area contributed by atoms with Crippen molar-refractivity contribution in [2.45, 2.75) is 12.8 Å². The fraction of sp³-hybridized carbons (Fsp3) is 0.273. The number of halogens is 2. The van der Waals surface area contributed by atoms with Gasteiger partial charge in [-0.15, -0.1) is 0 Å². The Kier molecular flexibility index (Phi) is 5.16. The van der Waals surface area contributed by atoms with Gasteiger partial charge in [0.05, 0.1) is 6.20 Å². The molecule has 1 aromatic carbocycles. The first kappa shape index (κ1) is 20.0. The lowest BCUT2D eigenvalue weighted by molar-refractivity contribution is -0.119. The van der Waals surface area contributed by atoms with Crippen LogP contribution in [0.4, 0.5) is 5.82 Å². The van der Waals surface area contributed by atoms with E-state index in [2.05, 4.69) is 26.1 Å². The van der Waals surface area contributed by atoms with Gasteiger partial charge >= 0.3 is 0 Å². The summed E-state index contributed by atoms with van der Waals surface area (Å²) >= 11 is 12.1. The molecule has 5 rings (SSSR count). The topological polar surface area (TPSA) is 68.3 Å². The number of carbonyl (C=O) groups is 1. The Morgan fingerprint density at radius 1 is 1.13 bits per heavy atom. The number of aryl methyl sites for hydroxylation is 1. The monoisotopic (exact) mass is 454 g/mol. The molecule has 0 aliphatic carbocycles. The number of rotatable bonds is 6. The van der Waals surface area contributed by atoms with E-state index >= 15 is 0 Å². The lowest BCUT2D eigenvalue weighted by Crippen LogP contribution is -2.48. The van der Waals surface area contributed by atoms with Crippen LogP contribution in [0.5, 0.6) is 0 Å². The van der Waals surface area contributed by atoms with Gasteiger partial charge in [-0.05, 0) is 23.8 Å². The maximum atomic E-state index is 12.5. The van der Waals surface area contributed by atoms with Crippen molar-refractivity contribution >= 4 is 40.3 Å². The molecule has 0 bridgehead atoms. The Labute approximate surface area is 189 Å². The minimum Gasteiger partial charge on any atom is -0.354 e. The van der Waals surface area contributed by atoms with Gasteiger partial charge in [0.25, 0.3) is 0 Å². The van der Waals surface area contributed by atoms with E-state index in [1.165, 1.54) is 0 Å². The first-order valence-corrected chi connectivity index (χ1v) is 10.7. The molecule has 3 aromatic heterocycles. The number of hydrogen-bond donors (Lipinski definition) is 0. The van der Waals surface area contributed by atoms with E-state index in [-0.39, 0.29) is 5.78 Å². The number of benzene rings is 1. The van der Waals surface area contributed by atoms with E-state index in [1.54, 1.807) is 23.1 Å². The SMILES string of the molecule is Cn1cc(-c2cc3c(N4CC(CC(=O)Cc5ccc(Cl)cc5Cl)C4)ncnn3c2)cn1. The highest BCUT2D eigenvalue weighted by molar-refractivity contribution is 6.35.